The number of sulfonamides is 1. The SMILES string of the molecule is C=CCS(=O)(=O)NC(=O)c1cccs1. The maximum Gasteiger partial charge on any atom is 0.274 e. The zero-order valence-corrected chi connectivity index (χ0v) is 8.90. The fourth-order valence-corrected chi connectivity index (χ4v) is 2.27. The summed E-state index contributed by atoms with van der Waals surface area (Å²) in [6.07, 6.45) is 1.23. The molecular formula is C8H9NO3S2. The van der Waals surface area contributed by atoms with Gasteiger partial charge < -0.3 is 0 Å². The van der Waals surface area contributed by atoms with Crippen LogP contribution in [0.25, 0.3) is 0 Å². The minimum Gasteiger partial charge on any atom is -0.267 e. The van der Waals surface area contributed by atoms with Crippen LogP contribution in [0, 0.1) is 0 Å². The predicted molar refractivity (Wildman–Crippen MR) is 55.8 cm³/mol. The van der Waals surface area contributed by atoms with Crippen LogP contribution < -0.4 is 4.72 Å². The Balaban J connectivity index is 2.71. The Morgan fingerprint density at radius 1 is 1.64 bits per heavy atom. The van der Waals surface area contributed by atoms with Gasteiger partial charge in [0, 0.05) is 0 Å². The van der Waals surface area contributed by atoms with Gasteiger partial charge in [-0.15, -0.1) is 17.9 Å². The molecule has 6 heteroatoms. The van der Waals surface area contributed by atoms with Gasteiger partial charge in [-0.05, 0) is 11.4 Å². The third-order valence-corrected chi connectivity index (χ3v) is 3.37. The van der Waals surface area contributed by atoms with E-state index in [-0.39, 0.29) is 5.75 Å². The van der Waals surface area contributed by atoms with Crippen molar-refractivity contribution >= 4 is 27.3 Å². The standard InChI is InChI=1S/C8H9NO3S2/c1-2-6-14(11,12)9-8(10)7-4-3-5-13-7/h2-5H,1,6H2,(H,9,10). The largest absolute Gasteiger partial charge is 0.274 e. The van der Waals surface area contributed by atoms with E-state index >= 15 is 0 Å². The van der Waals surface area contributed by atoms with Gasteiger partial charge in [0.05, 0.1) is 10.6 Å². The highest BCUT2D eigenvalue weighted by Gasteiger charge is 2.14. The molecule has 1 aromatic heterocycles. The molecule has 0 fully saturated rings. The molecule has 0 bridgehead atoms. The number of hydrogen-bond donors (Lipinski definition) is 1. The van der Waals surface area contributed by atoms with Gasteiger partial charge in [0.25, 0.3) is 5.91 Å². The summed E-state index contributed by atoms with van der Waals surface area (Å²) < 4.78 is 24.2. The second-order valence-electron chi connectivity index (χ2n) is 2.48. The van der Waals surface area contributed by atoms with Crippen molar-refractivity contribution in [3.8, 4) is 0 Å². The van der Waals surface area contributed by atoms with E-state index in [0.717, 1.165) is 0 Å². The lowest BCUT2D eigenvalue weighted by Gasteiger charge is -2.01. The molecule has 0 saturated heterocycles. The van der Waals surface area contributed by atoms with Gasteiger partial charge in [-0.2, -0.15) is 0 Å². The van der Waals surface area contributed by atoms with Gasteiger partial charge in [0.15, 0.2) is 0 Å². The van der Waals surface area contributed by atoms with Crippen LogP contribution in [0.5, 0.6) is 0 Å². The first kappa shape index (κ1) is 10.9. The van der Waals surface area contributed by atoms with Gasteiger partial charge in [0.2, 0.25) is 10.0 Å². The number of rotatable bonds is 4. The molecule has 0 aliphatic carbocycles. The number of carbonyl (C=O) groups is 1. The molecule has 1 aromatic rings. The van der Waals surface area contributed by atoms with E-state index in [1.165, 1.54) is 17.4 Å². The van der Waals surface area contributed by atoms with E-state index in [1.54, 1.807) is 17.5 Å². The van der Waals surface area contributed by atoms with Gasteiger partial charge in [-0.1, -0.05) is 12.1 Å². The van der Waals surface area contributed by atoms with E-state index in [4.69, 9.17) is 0 Å². The number of hydrogen-bond acceptors (Lipinski definition) is 4. The lowest BCUT2D eigenvalue weighted by molar-refractivity contribution is 0.0985. The first-order valence-corrected chi connectivity index (χ1v) is 6.27. The molecule has 1 N–H and O–H groups in total. The van der Waals surface area contributed by atoms with Crippen LogP contribution in [-0.4, -0.2) is 20.1 Å². The number of amides is 1. The summed E-state index contributed by atoms with van der Waals surface area (Å²) in [4.78, 5) is 11.7. The van der Waals surface area contributed by atoms with Crippen LogP contribution in [0.15, 0.2) is 30.2 Å². The van der Waals surface area contributed by atoms with Crippen molar-refractivity contribution in [2.75, 3.05) is 5.75 Å². The van der Waals surface area contributed by atoms with Crippen LogP contribution in [0.2, 0.25) is 0 Å². The van der Waals surface area contributed by atoms with E-state index in [2.05, 4.69) is 6.58 Å². The smallest absolute Gasteiger partial charge is 0.267 e. The van der Waals surface area contributed by atoms with Crippen LogP contribution in [0.4, 0.5) is 0 Å². The van der Waals surface area contributed by atoms with Crippen molar-refractivity contribution in [3.05, 3.63) is 35.0 Å². The average Bonchev–Trinajstić information content (AvgIpc) is 2.53. The van der Waals surface area contributed by atoms with Gasteiger partial charge >= 0.3 is 0 Å². The van der Waals surface area contributed by atoms with E-state index < -0.39 is 15.9 Å². The minimum absolute atomic E-state index is 0.260. The van der Waals surface area contributed by atoms with E-state index in [0.29, 0.717) is 4.88 Å². The molecule has 0 radical (unpaired) electrons. The minimum atomic E-state index is -3.57. The fourth-order valence-electron chi connectivity index (χ4n) is 0.796. The Morgan fingerprint density at radius 2 is 2.36 bits per heavy atom. The Hall–Kier alpha value is -1.14. The molecule has 76 valence electrons. The Bertz CT molecular complexity index is 419. The normalized spacial score (nSPS) is 10.9. The molecule has 0 saturated carbocycles. The Kier molecular flexibility index (Phi) is 3.43. The third kappa shape index (κ3) is 2.97. The van der Waals surface area contributed by atoms with Crippen molar-refractivity contribution < 1.29 is 13.2 Å². The molecule has 0 aromatic carbocycles. The summed E-state index contributed by atoms with van der Waals surface area (Å²) in [6.45, 7) is 3.29. The summed E-state index contributed by atoms with van der Waals surface area (Å²) in [5.41, 5.74) is 0. The molecular weight excluding hydrogens is 222 g/mol. The first-order valence-electron chi connectivity index (χ1n) is 3.74. The van der Waals surface area contributed by atoms with E-state index in [9.17, 15) is 13.2 Å². The molecule has 1 heterocycles. The lowest BCUT2D eigenvalue weighted by atomic mass is 10.5. The van der Waals surface area contributed by atoms with E-state index in [1.807, 2.05) is 4.72 Å². The van der Waals surface area contributed by atoms with Crippen molar-refractivity contribution in [1.82, 2.24) is 4.72 Å². The lowest BCUT2D eigenvalue weighted by Crippen LogP contribution is -2.31. The van der Waals surface area contributed by atoms with Crippen molar-refractivity contribution in [2.45, 2.75) is 0 Å². The van der Waals surface area contributed by atoms with Crippen molar-refractivity contribution in [1.29, 1.82) is 0 Å². The zero-order chi connectivity index (χ0) is 10.6. The molecule has 0 aliphatic rings. The highest BCUT2D eigenvalue weighted by molar-refractivity contribution is 7.90. The quantitative estimate of drug-likeness (QED) is 0.786. The summed E-state index contributed by atoms with van der Waals surface area (Å²) in [5, 5.41) is 1.70. The van der Waals surface area contributed by atoms with Gasteiger partial charge in [-0.3, -0.25) is 4.79 Å². The molecule has 0 unspecified atom stereocenters. The zero-order valence-electron chi connectivity index (χ0n) is 7.26. The molecule has 4 nitrogen and oxygen atoms in total. The summed E-state index contributed by atoms with van der Waals surface area (Å²) in [7, 11) is -3.57. The second kappa shape index (κ2) is 4.39. The maximum absolute atomic E-state index is 11.3. The average molecular weight is 231 g/mol. The molecule has 14 heavy (non-hydrogen) atoms. The first-order chi connectivity index (χ1) is 6.55. The van der Waals surface area contributed by atoms with Crippen molar-refractivity contribution in [3.63, 3.8) is 0 Å². The van der Waals surface area contributed by atoms with Crippen LogP contribution >= 0.6 is 11.3 Å². The highest BCUT2D eigenvalue weighted by atomic mass is 32.2. The number of carbonyl (C=O) groups excluding carboxylic acids is 1. The predicted octanol–water partition coefficient (Wildman–Crippen LogP) is 0.994. The monoisotopic (exact) mass is 231 g/mol. The molecule has 1 amide bonds. The Morgan fingerprint density at radius 3 is 2.86 bits per heavy atom. The number of nitrogens with one attached hydrogen (secondary N) is 1. The number of thiophene rings is 1. The topological polar surface area (TPSA) is 63.2 Å². The summed E-state index contributed by atoms with van der Waals surface area (Å²) in [5.74, 6) is -0.855. The van der Waals surface area contributed by atoms with Gasteiger partial charge in [-0.25, -0.2) is 13.1 Å². The fraction of sp³-hybridized carbons (Fsp3) is 0.125. The molecule has 1 rings (SSSR count). The second-order valence-corrected chi connectivity index (χ2v) is 5.19. The van der Waals surface area contributed by atoms with Crippen LogP contribution in [0.3, 0.4) is 0 Å². The van der Waals surface area contributed by atoms with Crippen LogP contribution in [-0.2, 0) is 10.0 Å². The molecule has 0 atom stereocenters. The van der Waals surface area contributed by atoms with Crippen molar-refractivity contribution in [2.24, 2.45) is 0 Å². The van der Waals surface area contributed by atoms with Crippen LogP contribution in [0.1, 0.15) is 9.67 Å². The Labute approximate surface area is 86.3 Å². The summed E-state index contributed by atoms with van der Waals surface area (Å²) >= 11 is 1.19. The molecule has 0 spiro atoms. The third-order valence-electron chi connectivity index (χ3n) is 1.33. The molecule has 0 aliphatic heterocycles. The van der Waals surface area contributed by atoms with Gasteiger partial charge in [0.1, 0.15) is 0 Å². The maximum atomic E-state index is 11.3. The highest BCUT2D eigenvalue weighted by Crippen LogP contribution is 2.08. The summed E-state index contributed by atoms with van der Waals surface area (Å²) in [6, 6.07) is 3.24.